The first-order chi connectivity index (χ1) is 6.42. The molecule has 0 bridgehead atoms. The van der Waals surface area contributed by atoms with E-state index in [9.17, 15) is 0 Å². The van der Waals surface area contributed by atoms with Crippen LogP contribution in [0.4, 0.5) is 0 Å². The van der Waals surface area contributed by atoms with Crippen LogP contribution in [0, 0.1) is 0 Å². The molecule has 2 fully saturated rings. The average Bonchev–Trinajstić information content (AvgIpc) is 2.76. The van der Waals surface area contributed by atoms with Crippen molar-refractivity contribution in [2.75, 3.05) is 26.2 Å². The van der Waals surface area contributed by atoms with Crippen LogP contribution in [0.25, 0.3) is 0 Å². The van der Waals surface area contributed by atoms with Gasteiger partial charge in [0.25, 0.3) is 0 Å². The number of hydrogen-bond acceptors (Lipinski definition) is 3. The lowest BCUT2D eigenvalue weighted by atomic mass is 10.1. The molecular formula is C10H20N2O. The van der Waals surface area contributed by atoms with E-state index in [-0.39, 0.29) is 0 Å². The van der Waals surface area contributed by atoms with Gasteiger partial charge in [-0.3, -0.25) is 4.90 Å². The Kier molecular flexibility index (Phi) is 3.19. The second-order valence-electron chi connectivity index (χ2n) is 4.10. The molecule has 0 aromatic heterocycles. The number of ether oxygens (including phenoxy) is 1. The lowest BCUT2D eigenvalue weighted by Gasteiger charge is -2.30. The quantitative estimate of drug-likeness (QED) is 0.697. The standard InChI is InChI=1S/C10H20N2O/c11-8-9(10-4-3-7-13-10)12-5-1-2-6-12/h9-10H,1-8,11H2. The Morgan fingerprint density at radius 3 is 2.62 bits per heavy atom. The van der Waals surface area contributed by atoms with Gasteiger partial charge in [0.15, 0.2) is 0 Å². The van der Waals surface area contributed by atoms with Crippen molar-refractivity contribution in [1.29, 1.82) is 0 Å². The number of likely N-dealkylation sites (tertiary alicyclic amines) is 1. The molecule has 2 unspecified atom stereocenters. The topological polar surface area (TPSA) is 38.5 Å². The molecule has 76 valence electrons. The van der Waals surface area contributed by atoms with Gasteiger partial charge in [-0.2, -0.15) is 0 Å². The molecule has 13 heavy (non-hydrogen) atoms. The van der Waals surface area contributed by atoms with Crippen molar-refractivity contribution >= 4 is 0 Å². The first kappa shape index (κ1) is 9.44. The monoisotopic (exact) mass is 184 g/mol. The molecule has 2 heterocycles. The molecule has 2 atom stereocenters. The van der Waals surface area contributed by atoms with Crippen molar-refractivity contribution in [3.8, 4) is 0 Å². The predicted molar refractivity (Wildman–Crippen MR) is 52.6 cm³/mol. The number of nitrogens with zero attached hydrogens (tertiary/aromatic N) is 1. The fraction of sp³-hybridized carbons (Fsp3) is 1.00. The minimum atomic E-state index is 0.420. The van der Waals surface area contributed by atoms with Crippen LogP contribution < -0.4 is 5.73 Å². The van der Waals surface area contributed by atoms with E-state index in [1.165, 1.54) is 38.8 Å². The summed E-state index contributed by atoms with van der Waals surface area (Å²) in [5.74, 6) is 0. The zero-order valence-electron chi connectivity index (χ0n) is 8.24. The fourth-order valence-corrected chi connectivity index (χ4v) is 2.52. The molecular weight excluding hydrogens is 164 g/mol. The molecule has 0 radical (unpaired) electrons. The molecule has 0 saturated carbocycles. The predicted octanol–water partition coefficient (Wildman–Crippen LogP) is 0.588. The minimum Gasteiger partial charge on any atom is -0.377 e. The normalized spacial score (nSPS) is 32.5. The van der Waals surface area contributed by atoms with Gasteiger partial charge in [-0.05, 0) is 38.8 Å². The van der Waals surface area contributed by atoms with Crippen LogP contribution in [0.2, 0.25) is 0 Å². The molecule has 2 aliphatic rings. The maximum Gasteiger partial charge on any atom is 0.0743 e. The van der Waals surface area contributed by atoms with E-state index in [2.05, 4.69) is 4.90 Å². The summed E-state index contributed by atoms with van der Waals surface area (Å²) in [6, 6.07) is 0.491. The second kappa shape index (κ2) is 4.40. The van der Waals surface area contributed by atoms with Gasteiger partial charge in [-0.15, -0.1) is 0 Å². The summed E-state index contributed by atoms with van der Waals surface area (Å²) >= 11 is 0. The summed E-state index contributed by atoms with van der Waals surface area (Å²) in [6.45, 7) is 4.14. The minimum absolute atomic E-state index is 0.420. The molecule has 0 aliphatic carbocycles. The largest absolute Gasteiger partial charge is 0.377 e. The Balaban J connectivity index is 1.90. The van der Waals surface area contributed by atoms with Gasteiger partial charge in [-0.25, -0.2) is 0 Å². The Bertz CT molecular complexity index is 135. The van der Waals surface area contributed by atoms with Crippen molar-refractivity contribution < 1.29 is 4.74 Å². The highest BCUT2D eigenvalue weighted by molar-refractivity contribution is 4.85. The van der Waals surface area contributed by atoms with Gasteiger partial charge in [0.2, 0.25) is 0 Å². The van der Waals surface area contributed by atoms with Crippen LogP contribution in [0.15, 0.2) is 0 Å². The molecule has 0 amide bonds. The van der Waals surface area contributed by atoms with Crippen LogP contribution in [-0.4, -0.2) is 43.3 Å². The fourth-order valence-electron chi connectivity index (χ4n) is 2.52. The average molecular weight is 184 g/mol. The molecule has 3 nitrogen and oxygen atoms in total. The van der Waals surface area contributed by atoms with Crippen LogP contribution in [0.1, 0.15) is 25.7 Å². The molecule has 2 aliphatic heterocycles. The molecule has 2 saturated heterocycles. The summed E-state index contributed by atoms with van der Waals surface area (Å²) in [6.07, 6.45) is 5.52. The summed E-state index contributed by atoms with van der Waals surface area (Å²) < 4.78 is 5.70. The zero-order chi connectivity index (χ0) is 9.10. The maximum atomic E-state index is 5.81. The van der Waals surface area contributed by atoms with Gasteiger partial charge < -0.3 is 10.5 Å². The van der Waals surface area contributed by atoms with Crippen LogP contribution in [0.5, 0.6) is 0 Å². The number of nitrogens with two attached hydrogens (primary N) is 1. The summed E-state index contributed by atoms with van der Waals surface area (Å²) in [7, 11) is 0. The molecule has 3 heteroatoms. The van der Waals surface area contributed by atoms with Crippen molar-refractivity contribution in [2.24, 2.45) is 5.73 Å². The number of hydrogen-bond donors (Lipinski definition) is 1. The van der Waals surface area contributed by atoms with Crippen molar-refractivity contribution in [3.63, 3.8) is 0 Å². The van der Waals surface area contributed by atoms with E-state index in [0.717, 1.165) is 13.2 Å². The van der Waals surface area contributed by atoms with Crippen LogP contribution in [-0.2, 0) is 4.74 Å². The van der Waals surface area contributed by atoms with E-state index in [1.54, 1.807) is 0 Å². The van der Waals surface area contributed by atoms with Gasteiger partial charge in [-0.1, -0.05) is 0 Å². The number of rotatable bonds is 3. The second-order valence-corrected chi connectivity index (χ2v) is 4.10. The highest BCUT2D eigenvalue weighted by atomic mass is 16.5. The maximum absolute atomic E-state index is 5.81. The lowest BCUT2D eigenvalue weighted by molar-refractivity contribution is 0.0366. The Morgan fingerprint density at radius 1 is 1.31 bits per heavy atom. The third-order valence-electron chi connectivity index (χ3n) is 3.25. The molecule has 2 rings (SSSR count). The first-order valence-electron chi connectivity index (χ1n) is 5.47. The highest BCUT2D eigenvalue weighted by Crippen LogP contribution is 2.22. The smallest absolute Gasteiger partial charge is 0.0743 e. The van der Waals surface area contributed by atoms with E-state index < -0.39 is 0 Å². The van der Waals surface area contributed by atoms with Crippen molar-refractivity contribution in [1.82, 2.24) is 4.90 Å². The van der Waals surface area contributed by atoms with E-state index >= 15 is 0 Å². The van der Waals surface area contributed by atoms with Gasteiger partial charge in [0.1, 0.15) is 0 Å². The van der Waals surface area contributed by atoms with Crippen LogP contribution in [0.3, 0.4) is 0 Å². The first-order valence-corrected chi connectivity index (χ1v) is 5.47. The van der Waals surface area contributed by atoms with Gasteiger partial charge >= 0.3 is 0 Å². The summed E-state index contributed by atoms with van der Waals surface area (Å²) in [5.41, 5.74) is 5.81. The van der Waals surface area contributed by atoms with Gasteiger partial charge in [0, 0.05) is 19.2 Å². The summed E-state index contributed by atoms with van der Waals surface area (Å²) in [4.78, 5) is 2.51. The molecule has 2 N–H and O–H groups in total. The van der Waals surface area contributed by atoms with Crippen molar-refractivity contribution in [2.45, 2.75) is 37.8 Å². The summed E-state index contributed by atoms with van der Waals surface area (Å²) in [5, 5.41) is 0. The molecule has 0 aromatic rings. The Morgan fingerprint density at radius 2 is 2.08 bits per heavy atom. The Hall–Kier alpha value is -0.120. The van der Waals surface area contributed by atoms with Gasteiger partial charge in [0.05, 0.1) is 6.10 Å². The van der Waals surface area contributed by atoms with E-state index in [0.29, 0.717) is 12.1 Å². The zero-order valence-corrected chi connectivity index (χ0v) is 8.24. The van der Waals surface area contributed by atoms with E-state index in [4.69, 9.17) is 10.5 Å². The molecule has 0 aromatic carbocycles. The lowest BCUT2D eigenvalue weighted by Crippen LogP contribution is -2.46. The molecule has 0 spiro atoms. The Labute approximate surface area is 80.2 Å². The van der Waals surface area contributed by atoms with E-state index in [1.807, 2.05) is 0 Å². The third kappa shape index (κ3) is 2.03. The van der Waals surface area contributed by atoms with Crippen LogP contribution >= 0.6 is 0 Å². The van der Waals surface area contributed by atoms with Crippen molar-refractivity contribution in [3.05, 3.63) is 0 Å². The SMILES string of the molecule is NCC(C1CCCO1)N1CCCC1. The third-order valence-corrected chi connectivity index (χ3v) is 3.25. The highest BCUT2D eigenvalue weighted by Gasteiger charge is 2.30.